The lowest BCUT2D eigenvalue weighted by molar-refractivity contribution is 1.14. The second-order valence-corrected chi connectivity index (χ2v) is 2.84. The predicted molar refractivity (Wildman–Crippen MR) is 38.2 cm³/mol. The lowest BCUT2D eigenvalue weighted by atomic mass is 10.5. The molecule has 0 aliphatic heterocycles. The maximum absolute atomic E-state index is 5.56. The summed E-state index contributed by atoms with van der Waals surface area (Å²) in [6.07, 6.45) is 0. The molecule has 0 atom stereocenters. The number of aromatic nitrogens is 2. The molecule has 49 valence electrons. The Kier molecular flexibility index (Phi) is 1.87. The number of hydrogen-bond donors (Lipinski definition) is 1. The van der Waals surface area contributed by atoms with Crippen molar-refractivity contribution in [1.82, 2.24) is 9.36 Å². The van der Waals surface area contributed by atoms with Gasteiger partial charge in [0, 0.05) is 11.5 Å². The minimum absolute atomic E-state index is 0.449. The highest BCUT2D eigenvalue weighted by Gasteiger charge is 2.06. The van der Waals surface area contributed by atoms with Gasteiger partial charge in [-0.15, -0.1) is 11.6 Å². The van der Waals surface area contributed by atoms with Crippen molar-refractivity contribution in [2.24, 2.45) is 0 Å². The molecule has 9 heavy (non-hydrogen) atoms. The van der Waals surface area contributed by atoms with E-state index in [0.717, 1.165) is 11.5 Å². The fourth-order valence-electron chi connectivity index (χ4n) is 0.375. The molecular weight excluding hydrogens is 158 g/mol. The smallest absolute Gasteiger partial charge is 0.200 e. The second kappa shape index (κ2) is 2.49. The highest BCUT2D eigenvalue weighted by molar-refractivity contribution is 7.09. The zero-order valence-corrected chi connectivity index (χ0v) is 6.33. The lowest BCUT2D eigenvalue weighted by Crippen LogP contribution is -1.88. The van der Waals surface area contributed by atoms with Crippen molar-refractivity contribution in [3.63, 3.8) is 0 Å². The third kappa shape index (κ3) is 1.53. The molecule has 0 saturated carbocycles. The molecule has 0 aliphatic rings. The molecule has 0 fully saturated rings. The van der Waals surface area contributed by atoms with Gasteiger partial charge in [0.05, 0.1) is 0 Å². The van der Waals surface area contributed by atoms with Gasteiger partial charge in [0.2, 0.25) is 0 Å². The van der Waals surface area contributed by atoms with Crippen LogP contribution in [0.3, 0.4) is 0 Å². The SMILES string of the molecule is C[C](Cl)c1nsc(N)n1. The maximum atomic E-state index is 5.56. The molecule has 2 N–H and O–H groups in total. The summed E-state index contributed by atoms with van der Waals surface area (Å²) in [5.74, 6) is 0.527. The van der Waals surface area contributed by atoms with E-state index in [9.17, 15) is 0 Å². The van der Waals surface area contributed by atoms with Gasteiger partial charge in [-0.2, -0.15) is 4.37 Å². The lowest BCUT2D eigenvalue weighted by Gasteiger charge is -1.88. The Labute approximate surface area is 62.0 Å². The van der Waals surface area contributed by atoms with Gasteiger partial charge in [-0.3, -0.25) is 0 Å². The first-order valence-electron chi connectivity index (χ1n) is 2.29. The van der Waals surface area contributed by atoms with Crippen molar-refractivity contribution in [2.75, 3.05) is 5.73 Å². The summed E-state index contributed by atoms with van der Waals surface area (Å²) in [5.41, 5.74) is 5.29. The normalized spacial score (nSPS) is 10.6. The van der Waals surface area contributed by atoms with Crippen molar-refractivity contribution in [3.8, 4) is 0 Å². The fourth-order valence-corrected chi connectivity index (χ4v) is 0.995. The molecular formula is C4H5ClN3S. The van der Waals surface area contributed by atoms with Gasteiger partial charge in [-0.1, -0.05) is 0 Å². The van der Waals surface area contributed by atoms with Crippen LogP contribution in [0.5, 0.6) is 0 Å². The number of nitrogens with two attached hydrogens (primary N) is 1. The topological polar surface area (TPSA) is 51.8 Å². The predicted octanol–water partition coefficient (Wildman–Crippen LogP) is 1.26. The Bertz CT molecular complexity index is 197. The van der Waals surface area contributed by atoms with Crippen LogP contribution in [0, 0.1) is 5.38 Å². The van der Waals surface area contributed by atoms with Crippen LogP contribution in [0.25, 0.3) is 0 Å². The van der Waals surface area contributed by atoms with E-state index in [0.29, 0.717) is 16.3 Å². The number of nitrogens with zero attached hydrogens (tertiary/aromatic N) is 2. The van der Waals surface area contributed by atoms with E-state index in [1.807, 2.05) is 0 Å². The van der Waals surface area contributed by atoms with Gasteiger partial charge in [0.15, 0.2) is 11.0 Å². The summed E-state index contributed by atoms with van der Waals surface area (Å²) < 4.78 is 3.85. The molecule has 0 unspecified atom stereocenters. The molecule has 1 aromatic rings. The standard InChI is InChI=1S/C4H5ClN3S/c1-2(5)3-7-4(6)9-8-3/h1H3,(H2,6,7,8). The van der Waals surface area contributed by atoms with Gasteiger partial charge < -0.3 is 5.73 Å². The van der Waals surface area contributed by atoms with Crippen molar-refractivity contribution < 1.29 is 0 Å². The molecule has 1 aromatic heterocycles. The van der Waals surface area contributed by atoms with Crippen LogP contribution in [0.4, 0.5) is 5.13 Å². The van der Waals surface area contributed by atoms with E-state index in [1.54, 1.807) is 6.92 Å². The van der Waals surface area contributed by atoms with Gasteiger partial charge >= 0.3 is 0 Å². The maximum Gasteiger partial charge on any atom is 0.200 e. The average Bonchev–Trinajstić information content (AvgIpc) is 2.14. The van der Waals surface area contributed by atoms with Crippen LogP contribution in [0.2, 0.25) is 0 Å². The van der Waals surface area contributed by atoms with E-state index in [4.69, 9.17) is 17.3 Å². The van der Waals surface area contributed by atoms with E-state index in [1.165, 1.54) is 0 Å². The van der Waals surface area contributed by atoms with Crippen LogP contribution in [0.15, 0.2) is 0 Å². The highest BCUT2D eigenvalue weighted by atomic mass is 35.5. The Morgan fingerprint density at radius 3 is 2.67 bits per heavy atom. The first kappa shape index (κ1) is 6.77. The molecule has 0 bridgehead atoms. The fraction of sp³-hybridized carbons (Fsp3) is 0.250. The number of hydrogen-bond acceptors (Lipinski definition) is 4. The van der Waals surface area contributed by atoms with E-state index < -0.39 is 0 Å². The number of halogens is 1. The Balaban J connectivity index is 2.85. The molecule has 0 amide bonds. The molecule has 3 nitrogen and oxygen atoms in total. The molecule has 5 heteroatoms. The van der Waals surface area contributed by atoms with E-state index in [-0.39, 0.29) is 0 Å². The highest BCUT2D eigenvalue weighted by Crippen LogP contribution is 2.17. The molecule has 1 heterocycles. The Morgan fingerprint density at radius 2 is 2.44 bits per heavy atom. The number of rotatable bonds is 1. The van der Waals surface area contributed by atoms with Gasteiger partial charge in [0.1, 0.15) is 5.38 Å². The van der Waals surface area contributed by atoms with E-state index in [2.05, 4.69) is 9.36 Å². The minimum atomic E-state index is 0.449. The summed E-state index contributed by atoms with van der Waals surface area (Å²) in [6.45, 7) is 1.73. The molecule has 0 spiro atoms. The molecule has 0 aromatic carbocycles. The van der Waals surface area contributed by atoms with Crippen molar-refractivity contribution in [3.05, 3.63) is 11.2 Å². The van der Waals surface area contributed by atoms with Crippen molar-refractivity contribution in [1.29, 1.82) is 0 Å². The zero-order chi connectivity index (χ0) is 6.85. The van der Waals surface area contributed by atoms with Gasteiger partial charge in [-0.25, -0.2) is 4.98 Å². The minimum Gasteiger partial charge on any atom is -0.374 e. The van der Waals surface area contributed by atoms with Crippen LogP contribution in [0.1, 0.15) is 12.7 Å². The molecule has 1 rings (SSSR count). The third-order valence-electron chi connectivity index (χ3n) is 0.750. The number of nitrogen functional groups attached to an aromatic ring is 1. The largest absolute Gasteiger partial charge is 0.374 e. The van der Waals surface area contributed by atoms with Crippen molar-refractivity contribution in [2.45, 2.75) is 6.92 Å². The first-order chi connectivity index (χ1) is 4.20. The zero-order valence-electron chi connectivity index (χ0n) is 4.76. The quantitative estimate of drug-likeness (QED) is 0.677. The summed E-state index contributed by atoms with van der Waals surface area (Å²) in [5, 5.41) is 1.02. The van der Waals surface area contributed by atoms with Crippen LogP contribution in [-0.2, 0) is 0 Å². The first-order valence-corrected chi connectivity index (χ1v) is 3.44. The Morgan fingerprint density at radius 1 is 1.78 bits per heavy atom. The van der Waals surface area contributed by atoms with Crippen LogP contribution < -0.4 is 5.73 Å². The summed E-state index contributed by atoms with van der Waals surface area (Å²) >= 11 is 6.70. The third-order valence-corrected chi connectivity index (χ3v) is 1.46. The van der Waals surface area contributed by atoms with Crippen LogP contribution in [-0.4, -0.2) is 9.36 Å². The van der Waals surface area contributed by atoms with Gasteiger partial charge in [0.25, 0.3) is 0 Å². The van der Waals surface area contributed by atoms with Gasteiger partial charge in [-0.05, 0) is 6.92 Å². The average molecular weight is 163 g/mol. The summed E-state index contributed by atoms with van der Waals surface area (Å²) in [6, 6.07) is 0. The number of anilines is 1. The summed E-state index contributed by atoms with van der Waals surface area (Å²) in [4.78, 5) is 3.83. The van der Waals surface area contributed by atoms with Crippen molar-refractivity contribution >= 4 is 28.3 Å². The van der Waals surface area contributed by atoms with Crippen LogP contribution >= 0.6 is 23.1 Å². The van der Waals surface area contributed by atoms with E-state index >= 15 is 0 Å². The summed E-state index contributed by atoms with van der Waals surface area (Å²) in [7, 11) is 0. The Hall–Kier alpha value is -0.350. The molecule has 1 radical (unpaired) electrons. The molecule has 0 aliphatic carbocycles. The monoisotopic (exact) mass is 162 g/mol. The molecule has 0 saturated heterocycles. The second-order valence-electron chi connectivity index (χ2n) is 1.49.